The zero-order chi connectivity index (χ0) is 21.2. The summed E-state index contributed by atoms with van der Waals surface area (Å²) in [5.41, 5.74) is -0.370. The lowest BCUT2D eigenvalue weighted by molar-refractivity contribution is -0.146. The fraction of sp³-hybridized carbons (Fsp3) is 0.667. The van der Waals surface area contributed by atoms with E-state index in [1.54, 1.807) is 24.3 Å². The van der Waals surface area contributed by atoms with Crippen molar-refractivity contribution in [2.75, 3.05) is 12.9 Å². The van der Waals surface area contributed by atoms with Crippen molar-refractivity contribution in [3.05, 3.63) is 24.3 Å². The summed E-state index contributed by atoms with van der Waals surface area (Å²) < 4.78 is 43.0. The number of hydrogen-bond acceptors (Lipinski definition) is 6. The molecular weight excluding hydrogens is 391 g/mol. The first-order valence-electron chi connectivity index (χ1n) is 10.1. The van der Waals surface area contributed by atoms with Crippen LogP contribution in [-0.2, 0) is 28.7 Å². The molecule has 1 unspecified atom stereocenters. The van der Waals surface area contributed by atoms with Gasteiger partial charge in [-0.1, -0.05) is 12.1 Å². The number of carbonyl (C=O) groups excluding carboxylic acids is 1. The molecule has 1 atom stereocenters. The fourth-order valence-electron chi connectivity index (χ4n) is 5.04. The molecule has 1 saturated heterocycles. The quantitative estimate of drug-likeness (QED) is 0.538. The Morgan fingerprint density at radius 1 is 1.07 bits per heavy atom. The molecule has 3 aliphatic carbocycles. The maximum Gasteiger partial charge on any atom is 0.494 e. The van der Waals surface area contributed by atoms with E-state index in [0.717, 1.165) is 18.3 Å². The summed E-state index contributed by atoms with van der Waals surface area (Å²) in [4.78, 5) is 12.2. The molecule has 1 aromatic rings. The normalized spacial score (nSPS) is 32.1. The van der Waals surface area contributed by atoms with Gasteiger partial charge in [0.2, 0.25) is 0 Å². The highest BCUT2D eigenvalue weighted by atomic mass is 32.2. The van der Waals surface area contributed by atoms with Crippen molar-refractivity contribution in [2.24, 2.45) is 17.3 Å². The van der Waals surface area contributed by atoms with Crippen molar-refractivity contribution < 1.29 is 27.3 Å². The number of fused-ring (bicyclic) bond motifs is 1. The Hall–Kier alpha value is -1.38. The van der Waals surface area contributed by atoms with Crippen molar-refractivity contribution in [1.82, 2.24) is 0 Å². The first-order chi connectivity index (χ1) is 13.4. The highest BCUT2D eigenvalue weighted by Gasteiger charge is 2.60. The smallest absolute Gasteiger partial charge is 0.469 e. The molecule has 0 spiro atoms. The minimum absolute atomic E-state index is 0.0832. The van der Waals surface area contributed by atoms with Crippen LogP contribution in [0, 0.1) is 17.3 Å². The monoisotopic (exact) mass is 420 g/mol. The molecule has 1 aliphatic heterocycles. The van der Waals surface area contributed by atoms with Crippen molar-refractivity contribution in [3.8, 4) is 0 Å². The number of sulfone groups is 1. The molecule has 5 rings (SSSR count). The molecule has 4 aliphatic rings. The fourth-order valence-corrected chi connectivity index (χ4v) is 6.92. The summed E-state index contributed by atoms with van der Waals surface area (Å²) in [6.07, 6.45) is 2.19. The Morgan fingerprint density at radius 2 is 1.62 bits per heavy atom. The van der Waals surface area contributed by atoms with Gasteiger partial charge in [-0.3, -0.25) is 4.79 Å². The summed E-state index contributed by atoms with van der Waals surface area (Å²) in [7, 11) is -2.56. The molecule has 6 nitrogen and oxygen atoms in total. The molecule has 0 radical (unpaired) electrons. The van der Waals surface area contributed by atoms with Gasteiger partial charge < -0.3 is 14.0 Å². The van der Waals surface area contributed by atoms with Crippen LogP contribution in [0.25, 0.3) is 0 Å². The van der Waals surface area contributed by atoms with Crippen molar-refractivity contribution in [2.45, 2.75) is 63.1 Å². The van der Waals surface area contributed by atoms with Crippen LogP contribution in [0.1, 0.15) is 47.0 Å². The topological polar surface area (TPSA) is 78.9 Å². The third-order valence-corrected chi connectivity index (χ3v) is 9.36. The lowest BCUT2D eigenvalue weighted by Crippen LogP contribution is -2.41. The molecule has 8 heteroatoms. The Bertz CT molecular complexity index is 899. The van der Waals surface area contributed by atoms with E-state index in [9.17, 15) is 13.2 Å². The summed E-state index contributed by atoms with van der Waals surface area (Å²) in [6, 6.07) is 6.80. The second-order valence-electron chi connectivity index (χ2n) is 9.92. The average Bonchev–Trinajstić information content (AvgIpc) is 3.21. The highest BCUT2D eigenvalue weighted by molar-refractivity contribution is 7.91. The average molecular weight is 420 g/mol. The Kier molecular flexibility index (Phi) is 4.72. The van der Waals surface area contributed by atoms with Gasteiger partial charge in [-0.25, -0.2) is 8.42 Å². The first kappa shape index (κ1) is 20.9. The zero-order valence-electron chi connectivity index (χ0n) is 17.7. The van der Waals surface area contributed by atoms with E-state index in [-0.39, 0.29) is 29.0 Å². The minimum atomic E-state index is -3.44. The molecule has 0 N–H and O–H groups in total. The number of carbonyl (C=O) groups is 1. The molecule has 29 heavy (non-hydrogen) atoms. The van der Waals surface area contributed by atoms with Crippen LogP contribution >= 0.6 is 0 Å². The molecule has 0 amide bonds. The first-order valence-corrected chi connectivity index (χ1v) is 11.8. The van der Waals surface area contributed by atoms with Gasteiger partial charge in [0.1, 0.15) is 0 Å². The highest BCUT2D eigenvalue weighted by Crippen LogP contribution is 2.62. The van der Waals surface area contributed by atoms with Crippen LogP contribution in [0.2, 0.25) is 0 Å². The van der Waals surface area contributed by atoms with Gasteiger partial charge in [0.05, 0.1) is 34.9 Å². The van der Waals surface area contributed by atoms with E-state index in [2.05, 4.69) is 0 Å². The summed E-state index contributed by atoms with van der Waals surface area (Å²) >= 11 is 0. The van der Waals surface area contributed by atoms with E-state index in [0.29, 0.717) is 11.3 Å². The SMILES string of the molecule is COC(=O)C1CC2(CS(=O)(=O)c3ccc(B4OC(C)(C)C(C)(C)O4)cc3)CC1C2. The molecule has 1 aromatic carbocycles. The largest absolute Gasteiger partial charge is 0.494 e. The Labute approximate surface area is 173 Å². The molecule has 3 saturated carbocycles. The van der Waals surface area contributed by atoms with Crippen LogP contribution in [0.3, 0.4) is 0 Å². The second-order valence-corrected chi connectivity index (χ2v) is 11.9. The number of hydrogen-bond donors (Lipinski definition) is 0. The molecular formula is C21H29BO6S. The lowest BCUT2D eigenvalue weighted by atomic mass is 9.71. The number of methoxy groups -OCH3 is 1. The Balaban J connectivity index is 1.46. The lowest BCUT2D eigenvalue weighted by Gasteiger charge is -2.38. The van der Waals surface area contributed by atoms with Gasteiger partial charge in [-0.05, 0) is 75.9 Å². The van der Waals surface area contributed by atoms with Crippen LogP contribution in [0.15, 0.2) is 29.2 Å². The van der Waals surface area contributed by atoms with Gasteiger partial charge in [-0.15, -0.1) is 0 Å². The van der Waals surface area contributed by atoms with Crippen LogP contribution in [0.4, 0.5) is 0 Å². The van der Waals surface area contributed by atoms with Crippen molar-refractivity contribution in [3.63, 3.8) is 0 Å². The number of rotatable bonds is 5. The molecule has 4 fully saturated rings. The van der Waals surface area contributed by atoms with Gasteiger partial charge in [-0.2, -0.15) is 0 Å². The van der Waals surface area contributed by atoms with Crippen LogP contribution in [-0.4, -0.2) is 45.6 Å². The van der Waals surface area contributed by atoms with Gasteiger partial charge in [0.25, 0.3) is 0 Å². The minimum Gasteiger partial charge on any atom is -0.469 e. The standard InChI is InChI=1S/C21H29BO6S/c1-19(2)20(3,4)28-22(27-19)15-6-8-16(9-7-15)29(24,25)13-21-10-14(11-21)17(12-21)18(23)26-5/h6-9,14,17H,10-13H2,1-5H3. The van der Waals surface area contributed by atoms with E-state index in [1.165, 1.54) is 7.11 Å². The summed E-state index contributed by atoms with van der Waals surface area (Å²) in [5, 5.41) is 0. The van der Waals surface area contributed by atoms with E-state index < -0.39 is 28.2 Å². The second kappa shape index (κ2) is 6.56. The predicted molar refractivity (Wildman–Crippen MR) is 109 cm³/mol. The third-order valence-electron chi connectivity index (χ3n) is 7.38. The summed E-state index contributed by atoms with van der Waals surface area (Å²) in [6.45, 7) is 7.95. The maximum absolute atomic E-state index is 13.0. The molecule has 2 bridgehead atoms. The maximum atomic E-state index is 13.0. The van der Waals surface area contributed by atoms with Gasteiger partial charge in [0, 0.05) is 0 Å². The van der Waals surface area contributed by atoms with E-state index in [1.807, 2.05) is 27.7 Å². The molecule has 1 heterocycles. The molecule has 158 valence electrons. The zero-order valence-corrected chi connectivity index (χ0v) is 18.5. The predicted octanol–water partition coefficient (Wildman–Crippen LogP) is 2.35. The van der Waals surface area contributed by atoms with E-state index in [4.69, 9.17) is 14.0 Å². The third kappa shape index (κ3) is 3.43. The summed E-state index contributed by atoms with van der Waals surface area (Å²) in [5.74, 6) is -0.0114. The Morgan fingerprint density at radius 3 is 2.14 bits per heavy atom. The van der Waals surface area contributed by atoms with Crippen LogP contribution in [0.5, 0.6) is 0 Å². The number of ether oxygens (including phenoxy) is 1. The molecule has 0 aromatic heterocycles. The van der Waals surface area contributed by atoms with Gasteiger partial charge in [0.15, 0.2) is 9.84 Å². The van der Waals surface area contributed by atoms with Crippen LogP contribution < -0.4 is 5.46 Å². The number of esters is 1. The number of benzene rings is 1. The van der Waals surface area contributed by atoms with Crippen molar-refractivity contribution in [1.29, 1.82) is 0 Å². The van der Waals surface area contributed by atoms with Crippen molar-refractivity contribution >= 4 is 28.4 Å². The van der Waals surface area contributed by atoms with Gasteiger partial charge >= 0.3 is 13.1 Å². The van der Waals surface area contributed by atoms with E-state index >= 15 is 0 Å².